The molecule has 1 saturated heterocycles. The van der Waals surface area contributed by atoms with E-state index in [-0.39, 0.29) is 29.6 Å². The van der Waals surface area contributed by atoms with Crippen LogP contribution in [0.3, 0.4) is 0 Å². The summed E-state index contributed by atoms with van der Waals surface area (Å²) in [4.78, 5) is 33.9. The lowest BCUT2D eigenvalue weighted by atomic mass is 9.93. The van der Waals surface area contributed by atoms with Crippen molar-refractivity contribution in [2.45, 2.75) is 25.2 Å². The highest BCUT2D eigenvalue weighted by molar-refractivity contribution is 5.79. The molecule has 1 aliphatic rings. The normalized spacial score (nSPS) is 17.2. The summed E-state index contributed by atoms with van der Waals surface area (Å²) >= 11 is 0. The number of piperidine rings is 1. The molecule has 0 radical (unpaired) electrons. The molecule has 0 aliphatic carbocycles. The first-order valence-electron chi connectivity index (χ1n) is 9.10. The van der Waals surface area contributed by atoms with Gasteiger partial charge in [0, 0.05) is 36.3 Å². The van der Waals surface area contributed by atoms with E-state index >= 15 is 0 Å². The van der Waals surface area contributed by atoms with E-state index in [1.165, 1.54) is 12.1 Å². The maximum Gasteiger partial charge on any atom is 0.274 e. The Morgan fingerprint density at radius 3 is 2.89 bits per heavy atom. The minimum Gasteiger partial charge on any atom is -0.342 e. The van der Waals surface area contributed by atoms with Crippen LogP contribution in [0.4, 0.5) is 4.39 Å². The first-order valence-corrected chi connectivity index (χ1v) is 9.10. The van der Waals surface area contributed by atoms with Crippen LogP contribution in [0.1, 0.15) is 30.0 Å². The van der Waals surface area contributed by atoms with Gasteiger partial charge in [0.05, 0.1) is 6.42 Å². The molecule has 5 nitrogen and oxygen atoms in total. The van der Waals surface area contributed by atoms with Crippen LogP contribution in [-0.2, 0) is 11.2 Å². The van der Waals surface area contributed by atoms with E-state index < -0.39 is 0 Å². The highest BCUT2D eigenvalue weighted by atomic mass is 19.1. The summed E-state index contributed by atoms with van der Waals surface area (Å²) in [6.45, 7) is 1.28. The van der Waals surface area contributed by atoms with Gasteiger partial charge in [-0.2, -0.15) is 0 Å². The molecular weight excluding hydrogens is 345 g/mol. The zero-order chi connectivity index (χ0) is 18.8. The van der Waals surface area contributed by atoms with E-state index in [4.69, 9.17) is 0 Å². The quantitative estimate of drug-likeness (QED) is 0.776. The predicted octanol–water partition coefficient (Wildman–Crippen LogP) is 3.01. The number of amides is 1. The summed E-state index contributed by atoms with van der Waals surface area (Å²) in [5.41, 5.74) is 1.88. The molecule has 2 aromatic heterocycles. The summed E-state index contributed by atoms with van der Waals surface area (Å²) in [5, 5.41) is 0.811. The number of H-pyrrole nitrogens is 1. The summed E-state index contributed by atoms with van der Waals surface area (Å²) in [5.74, 6) is -0.191. The predicted molar refractivity (Wildman–Crippen MR) is 101 cm³/mol. The fraction of sp³-hybridized carbons (Fsp3) is 0.286. The van der Waals surface area contributed by atoms with Crippen LogP contribution in [0.25, 0.3) is 10.9 Å². The van der Waals surface area contributed by atoms with Crippen LogP contribution < -0.4 is 5.56 Å². The third-order valence-electron chi connectivity index (χ3n) is 5.11. The first kappa shape index (κ1) is 17.4. The van der Waals surface area contributed by atoms with Gasteiger partial charge in [-0.3, -0.25) is 14.6 Å². The highest BCUT2D eigenvalue weighted by Gasteiger charge is 2.25. The average molecular weight is 365 g/mol. The molecule has 138 valence electrons. The van der Waals surface area contributed by atoms with Gasteiger partial charge < -0.3 is 9.88 Å². The number of hydrogen-bond donors (Lipinski definition) is 1. The number of hydrogen-bond acceptors (Lipinski definition) is 3. The SMILES string of the molecule is O=C(Cc1ccc(F)cc1)N1CCCC(c2cc3cccnc3c(=O)[nH]2)C1. The standard InChI is InChI=1S/C21H20FN3O2/c22-17-7-5-14(6-8-17)11-19(26)25-10-2-4-16(13-25)18-12-15-3-1-9-23-20(15)21(27)24-18/h1,3,5-9,12,16H,2,4,10-11,13H2,(H,24,27). The second kappa shape index (κ2) is 7.31. The van der Waals surface area contributed by atoms with Crippen molar-refractivity contribution in [1.82, 2.24) is 14.9 Å². The monoisotopic (exact) mass is 365 g/mol. The minimum absolute atomic E-state index is 0.0242. The maximum absolute atomic E-state index is 13.0. The van der Waals surface area contributed by atoms with Crippen molar-refractivity contribution < 1.29 is 9.18 Å². The Kier molecular flexibility index (Phi) is 4.71. The van der Waals surface area contributed by atoms with E-state index in [1.807, 2.05) is 23.1 Å². The van der Waals surface area contributed by atoms with Crippen LogP contribution in [0.2, 0.25) is 0 Å². The van der Waals surface area contributed by atoms with E-state index in [0.29, 0.717) is 18.6 Å². The smallest absolute Gasteiger partial charge is 0.274 e. The topological polar surface area (TPSA) is 66.1 Å². The van der Waals surface area contributed by atoms with Gasteiger partial charge in [0.1, 0.15) is 11.3 Å². The molecule has 0 bridgehead atoms. The lowest BCUT2D eigenvalue weighted by molar-refractivity contribution is -0.131. The highest BCUT2D eigenvalue weighted by Crippen LogP contribution is 2.26. The molecule has 1 amide bonds. The molecule has 6 heteroatoms. The number of fused-ring (bicyclic) bond motifs is 1. The van der Waals surface area contributed by atoms with Gasteiger partial charge in [-0.15, -0.1) is 0 Å². The van der Waals surface area contributed by atoms with Crippen molar-refractivity contribution in [3.8, 4) is 0 Å². The van der Waals surface area contributed by atoms with Gasteiger partial charge in [0.15, 0.2) is 0 Å². The van der Waals surface area contributed by atoms with Crippen molar-refractivity contribution >= 4 is 16.8 Å². The van der Waals surface area contributed by atoms with E-state index in [1.54, 1.807) is 18.3 Å². The third kappa shape index (κ3) is 3.74. The molecule has 1 aliphatic heterocycles. The van der Waals surface area contributed by atoms with Crippen molar-refractivity contribution in [2.24, 2.45) is 0 Å². The molecule has 1 atom stereocenters. The summed E-state index contributed by atoms with van der Waals surface area (Å²) in [6, 6.07) is 11.7. The number of halogens is 1. The number of nitrogens with one attached hydrogen (secondary N) is 1. The fourth-order valence-corrected chi connectivity index (χ4v) is 3.68. The van der Waals surface area contributed by atoms with Gasteiger partial charge in [0.2, 0.25) is 5.91 Å². The van der Waals surface area contributed by atoms with Gasteiger partial charge in [-0.1, -0.05) is 18.2 Å². The molecule has 3 aromatic rings. The van der Waals surface area contributed by atoms with Gasteiger partial charge in [0.25, 0.3) is 5.56 Å². The Morgan fingerprint density at radius 2 is 2.07 bits per heavy atom. The third-order valence-corrected chi connectivity index (χ3v) is 5.11. The molecule has 1 aromatic carbocycles. The largest absolute Gasteiger partial charge is 0.342 e. The number of nitrogens with zero attached hydrogens (tertiary/aromatic N) is 2. The Morgan fingerprint density at radius 1 is 1.26 bits per heavy atom. The number of benzene rings is 1. The minimum atomic E-state index is -0.306. The molecule has 3 heterocycles. The molecule has 27 heavy (non-hydrogen) atoms. The van der Waals surface area contributed by atoms with Crippen LogP contribution in [0.15, 0.2) is 53.5 Å². The Hall–Kier alpha value is -3.02. The molecular formula is C21H20FN3O2. The first-order chi connectivity index (χ1) is 13.1. The number of aromatic nitrogens is 2. The zero-order valence-corrected chi connectivity index (χ0v) is 14.8. The van der Waals surface area contributed by atoms with Crippen molar-refractivity contribution in [1.29, 1.82) is 0 Å². The fourth-order valence-electron chi connectivity index (χ4n) is 3.68. The van der Waals surface area contributed by atoms with E-state index in [2.05, 4.69) is 9.97 Å². The van der Waals surface area contributed by atoms with Crippen LogP contribution in [0.5, 0.6) is 0 Å². The summed E-state index contributed by atoms with van der Waals surface area (Å²) in [6.07, 6.45) is 3.66. The summed E-state index contributed by atoms with van der Waals surface area (Å²) in [7, 11) is 0. The lowest BCUT2D eigenvalue weighted by Crippen LogP contribution is -2.40. The van der Waals surface area contributed by atoms with Crippen LogP contribution >= 0.6 is 0 Å². The molecule has 1 fully saturated rings. The van der Waals surface area contributed by atoms with Crippen LogP contribution in [-0.4, -0.2) is 33.9 Å². The second-order valence-electron chi connectivity index (χ2n) is 6.98. The van der Waals surface area contributed by atoms with Crippen molar-refractivity contribution in [2.75, 3.05) is 13.1 Å². The summed E-state index contributed by atoms with van der Waals surface area (Å²) < 4.78 is 13.0. The number of likely N-dealkylation sites (tertiary alicyclic amines) is 1. The Bertz CT molecular complexity index is 1030. The molecule has 1 unspecified atom stereocenters. The number of pyridine rings is 2. The number of rotatable bonds is 3. The number of aromatic amines is 1. The van der Waals surface area contributed by atoms with Gasteiger partial charge in [-0.25, -0.2) is 4.39 Å². The number of carbonyl (C=O) groups is 1. The van der Waals surface area contributed by atoms with Crippen molar-refractivity contribution in [3.05, 3.63) is 76.1 Å². The Balaban J connectivity index is 1.51. The number of carbonyl (C=O) groups excluding carboxylic acids is 1. The van der Waals surface area contributed by atoms with Crippen molar-refractivity contribution in [3.63, 3.8) is 0 Å². The molecule has 0 spiro atoms. The van der Waals surface area contributed by atoms with E-state index in [0.717, 1.165) is 29.5 Å². The van der Waals surface area contributed by atoms with Crippen LogP contribution in [0, 0.1) is 5.82 Å². The van der Waals surface area contributed by atoms with Gasteiger partial charge in [-0.05, 0) is 42.7 Å². The lowest BCUT2D eigenvalue weighted by Gasteiger charge is -2.33. The molecule has 0 saturated carbocycles. The molecule has 1 N–H and O–H groups in total. The zero-order valence-electron chi connectivity index (χ0n) is 14.8. The average Bonchev–Trinajstić information content (AvgIpc) is 2.70. The Labute approximate surface area is 155 Å². The maximum atomic E-state index is 13.0. The molecule has 4 rings (SSSR count). The van der Waals surface area contributed by atoms with E-state index in [9.17, 15) is 14.0 Å². The van der Waals surface area contributed by atoms with Gasteiger partial charge >= 0.3 is 0 Å². The second-order valence-corrected chi connectivity index (χ2v) is 6.98.